The van der Waals surface area contributed by atoms with E-state index in [1.165, 1.54) is 12.2 Å². The van der Waals surface area contributed by atoms with Crippen molar-refractivity contribution >= 4 is 11.8 Å². The van der Waals surface area contributed by atoms with Crippen LogP contribution >= 0.6 is 11.8 Å². The molecule has 1 rings (SSSR count). The van der Waals surface area contributed by atoms with Crippen LogP contribution in [0.1, 0.15) is 19.1 Å². The van der Waals surface area contributed by atoms with E-state index in [9.17, 15) is 0 Å². The summed E-state index contributed by atoms with van der Waals surface area (Å²) in [6.45, 7) is 3.30. The predicted molar refractivity (Wildman–Crippen MR) is 62.9 cm³/mol. The highest BCUT2D eigenvalue weighted by Gasteiger charge is 2.03. The fourth-order valence-corrected chi connectivity index (χ4v) is 1.80. The molecule has 0 aliphatic rings. The first-order chi connectivity index (χ1) is 6.83. The maximum absolute atomic E-state index is 5.29. The Balaban J connectivity index is 2.07. The van der Waals surface area contributed by atoms with Crippen molar-refractivity contribution in [2.45, 2.75) is 25.8 Å². The molecule has 1 atom stereocenters. The molecule has 1 aromatic heterocycles. The summed E-state index contributed by atoms with van der Waals surface area (Å²) in [6, 6.07) is 4.47. The van der Waals surface area contributed by atoms with Gasteiger partial charge in [-0.25, -0.2) is 0 Å². The van der Waals surface area contributed by atoms with Crippen molar-refractivity contribution in [3.05, 3.63) is 24.2 Å². The number of thioether (sulfide) groups is 1. The summed E-state index contributed by atoms with van der Waals surface area (Å²) in [4.78, 5) is 0. The fraction of sp³-hybridized carbons (Fsp3) is 0.636. The molecular formula is C11H19NOS. The van der Waals surface area contributed by atoms with E-state index in [2.05, 4.69) is 18.5 Å². The van der Waals surface area contributed by atoms with Crippen molar-refractivity contribution in [2.75, 3.05) is 18.6 Å². The van der Waals surface area contributed by atoms with Crippen molar-refractivity contribution in [3.63, 3.8) is 0 Å². The minimum Gasteiger partial charge on any atom is -0.469 e. The van der Waals surface area contributed by atoms with Gasteiger partial charge in [0.15, 0.2) is 0 Å². The number of furan rings is 1. The lowest BCUT2D eigenvalue weighted by Gasteiger charge is -2.11. The summed E-state index contributed by atoms with van der Waals surface area (Å²) in [6.07, 6.45) is 6.10. The molecule has 0 amide bonds. The van der Waals surface area contributed by atoms with Gasteiger partial charge in [0.1, 0.15) is 5.76 Å². The van der Waals surface area contributed by atoms with Gasteiger partial charge in [-0.1, -0.05) is 0 Å². The second kappa shape index (κ2) is 6.96. The Hall–Kier alpha value is -0.410. The lowest BCUT2D eigenvalue weighted by atomic mass is 10.2. The van der Waals surface area contributed by atoms with Gasteiger partial charge in [0, 0.05) is 12.5 Å². The largest absolute Gasteiger partial charge is 0.469 e. The van der Waals surface area contributed by atoms with Crippen molar-refractivity contribution in [2.24, 2.45) is 0 Å². The smallest absolute Gasteiger partial charge is 0.105 e. The molecule has 0 radical (unpaired) electrons. The first-order valence-electron chi connectivity index (χ1n) is 5.07. The highest BCUT2D eigenvalue weighted by Crippen LogP contribution is 2.03. The zero-order valence-electron chi connectivity index (χ0n) is 8.95. The van der Waals surface area contributed by atoms with Crippen molar-refractivity contribution in [1.29, 1.82) is 0 Å². The SMILES string of the molecule is CSCCCNC(C)Cc1ccco1. The molecule has 0 bridgehead atoms. The van der Waals surface area contributed by atoms with Gasteiger partial charge in [-0.3, -0.25) is 0 Å². The molecular weight excluding hydrogens is 194 g/mol. The third-order valence-electron chi connectivity index (χ3n) is 2.11. The third-order valence-corrected chi connectivity index (χ3v) is 2.80. The first kappa shape index (κ1) is 11.7. The van der Waals surface area contributed by atoms with Crippen LogP contribution in [0.15, 0.2) is 22.8 Å². The lowest BCUT2D eigenvalue weighted by Crippen LogP contribution is -2.29. The summed E-state index contributed by atoms with van der Waals surface area (Å²) < 4.78 is 5.29. The maximum Gasteiger partial charge on any atom is 0.105 e. The van der Waals surface area contributed by atoms with Crippen LogP contribution in [0, 0.1) is 0 Å². The average molecular weight is 213 g/mol. The molecule has 1 aromatic rings. The Morgan fingerprint density at radius 3 is 3.07 bits per heavy atom. The minimum absolute atomic E-state index is 0.503. The van der Waals surface area contributed by atoms with Crippen LogP contribution in [0.4, 0.5) is 0 Å². The molecule has 14 heavy (non-hydrogen) atoms. The van der Waals surface area contributed by atoms with Crippen molar-refractivity contribution in [1.82, 2.24) is 5.32 Å². The Bertz CT molecular complexity index is 223. The normalized spacial score (nSPS) is 13.0. The molecule has 0 aliphatic carbocycles. The van der Waals surface area contributed by atoms with Crippen LogP contribution in [0.25, 0.3) is 0 Å². The zero-order valence-corrected chi connectivity index (χ0v) is 9.77. The minimum atomic E-state index is 0.503. The van der Waals surface area contributed by atoms with Gasteiger partial charge in [0.2, 0.25) is 0 Å². The van der Waals surface area contributed by atoms with Gasteiger partial charge in [0.25, 0.3) is 0 Å². The van der Waals surface area contributed by atoms with Gasteiger partial charge in [0.05, 0.1) is 6.26 Å². The standard InChI is InChI=1S/C11H19NOS/c1-10(12-6-4-8-14-2)9-11-5-3-7-13-11/h3,5,7,10,12H,4,6,8-9H2,1-2H3. The van der Waals surface area contributed by atoms with Crippen LogP contribution in [-0.2, 0) is 6.42 Å². The molecule has 1 N–H and O–H groups in total. The summed E-state index contributed by atoms with van der Waals surface area (Å²) in [5, 5.41) is 3.48. The third kappa shape index (κ3) is 4.72. The van der Waals surface area contributed by atoms with Gasteiger partial charge in [-0.2, -0.15) is 11.8 Å². The van der Waals surface area contributed by atoms with Crippen LogP contribution in [0.2, 0.25) is 0 Å². The molecule has 80 valence electrons. The highest BCUT2D eigenvalue weighted by atomic mass is 32.2. The monoisotopic (exact) mass is 213 g/mol. The Kier molecular flexibility index (Phi) is 5.80. The van der Waals surface area contributed by atoms with E-state index in [1.54, 1.807) is 6.26 Å². The van der Waals surface area contributed by atoms with Crippen LogP contribution in [0.3, 0.4) is 0 Å². The topological polar surface area (TPSA) is 25.2 Å². The highest BCUT2D eigenvalue weighted by molar-refractivity contribution is 7.98. The predicted octanol–water partition coefficient (Wildman–Crippen LogP) is 2.55. The number of hydrogen-bond acceptors (Lipinski definition) is 3. The fourth-order valence-electron chi connectivity index (χ4n) is 1.37. The van der Waals surface area contributed by atoms with E-state index < -0.39 is 0 Å². The molecule has 0 saturated carbocycles. The van der Waals surface area contributed by atoms with E-state index in [1.807, 2.05) is 23.9 Å². The number of rotatable bonds is 7. The molecule has 0 aliphatic heterocycles. The van der Waals surface area contributed by atoms with Gasteiger partial charge >= 0.3 is 0 Å². The van der Waals surface area contributed by atoms with E-state index in [4.69, 9.17) is 4.42 Å². The number of hydrogen-bond donors (Lipinski definition) is 1. The Morgan fingerprint density at radius 2 is 2.43 bits per heavy atom. The Morgan fingerprint density at radius 1 is 1.57 bits per heavy atom. The molecule has 1 heterocycles. The van der Waals surface area contributed by atoms with Gasteiger partial charge in [-0.15, -0.1) is 0 Å². The van der Waals surface area contributed by atoms with E-state index in [0.29, 0.717) is 6.04 Å². The maximum atomic E-state index is 5.29. The molecule has 3 heteroatoms. The quantitative estimate of drug-likeness (QED) is 0.705. The van der Waals surface area contributed by atoms with Gasteiger partial charge in [-0.05, 0) is 44.0 Å². The second-order valence-electron chi connectivity index (χ2n) is 3.49. The summed E-state index contributed by atoms with van der Waals surface area (Å²) in [7, 11) is 0. The van der Waals surface area contributed by atoms with E-state index in [-0.39, 0.29) is 0 Å². The van der Waals surface area contributed by atoms with Crippen molar-refractivity contribution in [3.8, 4) is 0 Å². The van der Waals surface area contributed by atoms with E-state index in [0.717, 1.165) is 18.7 Å². The Labute approximate surface area is 90.5 Å². The molecule has 0 saturated heterocycles. The lowest BCUT2D eigenvalue weighted by molar-refractivity contribution is 0.457. The van der Waals surface area contributed by atoms with Gasteiger partial charge < -0.3 is 9.73 Å². The van der Waals surface area contributed by atoms with Crippen LogP contribution in [-0.4, -0.2) is 24.6 Å². The molecule has 2 nitrogen and oxygen atoms in total. The molecule has 0 spiro atoms. The van der Waals surface area contributed by atoms with Crippen LogP contribution in [0.5, 0.6) is 0 Å². The van der Waals surface area contributed by atoms with E-state index >= 15 is 0 Å². The second-order valence-corrected chi connectivity index (χ2v) is 4.47. The first-order valence-corrected chi connectivity index (χ1v) is 6.47. The average Bonchev–Trinajstić information content (AvgIpc) is 2.65. The number of nitrogens with one attached hydrogen (secondary N) is 1. The summed E-state index contributed by atoms with van der Waals surface area (Å²) in [5.41, 5.74) is 0. The van der Waals surface area contributed by atoms with Crippen molar-refractivity contribution < 1.29 is 4.42 Å². The summed E-state index contributed by atoms with van der Waals surface area (Å²) in [5.74, 6) is 2.30. The molecule has 0 fully saturated rings. The summed E-state index contributed by atoms with van der Waals surface area (Å²) >= 11 is 1.90. The van der Waals surface area contributed by atoms with Crippen LogP contribution < -0.4 is 5.32 Å². The zero-order chi connectivity index (χ0) is 10.2. The molecule has 1 unspecified atom stereocenters. The molecule has 0 aromatic carbocycles.